The van der Waals surface area contributed by atoms with Gasteiger partial charge >= 0.3 is 5.97 Å². The fraction of sp³-hybridized carbons (Fsp3) is 0.348. The predicted molar refractivity (Wildman–Crippen MR) is 121 cm³/mol. The fourth-order valence-electron chi connectivity index (χ4n) is 3.98. The van der Waals surface area contributed by atoms with Crippen LogP contribution in [0.15, 0.2) is 56.7 Å². The molecule has 32 heavy (non-hydrogen) atoms. The van der Waals surface area contributed by atoms with Crippen LogP contribution in [0.3, 0.4) is 0 Å². The minimum atomic E-state index is -0.450. The highest BCUT2D eigenvalue weighted by molar-refractivity contribution is 7.98. The van der Waals surface area contributed by atoms with E-state index in [2.05, 4.69) is 19.7 Å². The summed E-state index contributed by atoms with van der Waals surface area (Å²) in [5.74, 6) is 1.99. The number of aromatic nitrogens is 3. The van der Waals surface area contributed by atoms with Crippen LogP contribution >= 0.6 is 11.8 Å². The molecule has 3 aromatic heterocycles. The van der Waals surface area contributed by atoms with E-state index in [1.807, 2.05) is 36.4 Å². The van der Waals surface area contributed by atoms with Gasteiger partial charge in [-0.05, 0) is 38.0 Å². The summed E-state index contributed by atoms with van der Waals surface area (Å²) in [6.07, 6.45) is 3.98. The quantitative estimate of drug-likeness (QED) is 0.280. The van der Waals surface area contributed by atoms with Crippen LogP contribution in [0.4, 0.5) is 5.95 Å². The molecule has 0 unspecified atom stereocenters. The minimum Gasteiger partial charge on any atom is -0.467 e. The van der Waals surface area contributed by atoms with E-state index in [4.69, 9.17) is 13.6 Å². The van der Waals surface area contributed by atoms with Crippen molar-refractivity contribution in [1.29, 1.82) is 0 Å². The number of nitrogens with zero attached hydrogens (tertiary/aromatic N) is 4. The lowest BCUT2D eigenvalue weighted by Crippen LogP contribution is -2.22. The van der Waals surface area contributed by atoms with Gasteiger partial charge in [-0.1, -0.05) is 30.0 Å². The van der Waals surface area contributed by atoms with E-state index in [-0.39, 0.29) is 5.76 Å². The van der Waals surface area contributed by atoms with Crippen LogP contribution in [-0.4, -0.2) is 40.4 Å². The van der Waals surface area contributed by atoms with Gasteiger partial charge in [0.15, 0.2) is 5.16 Å². The number of benzene rings is 1. The summed E-state index contributed by atoms with van der Waals surface area (Å²) in [5.41, 5.74) is 1.47. The molecule has 0 radical (unpaired) electrons. The van der Waals surface area contributed by atoms with E-state index < -0.39 is 5.97 Å². The Morgan fingerprint density at radius 1 is 1.16 bits per heavy atom. The van der Waals surface area contributed by atoms with E-state index in [9.17, 15) is 4.79 Å². The lowest BCUT2D eigenvalue weighted by molar-refractivity contribution is 0.0491. The molecule has 0 atom stereocenters. The van der Waals surface area contributed by atoms with Crippen molar-refractivity contribution in [2.75, 3.05) is 24.6 Å². The van der Waals surface area contributed by atoms with Crippen molar-refractivity contribution in [1.82, 2.24) is 14.8 Å². The maximum Gasteiger partial charge on any atom is 0.374 e. The van der Waals surface area contributed by atoms with Gasteiger partial charge in [0.1, 0.15) is 11.3 Å². The van der Waals surface area contributed by atoms with E-state index >= 15 is 0 Å². The SMILES string of the molecule is CCOC(=O)c1oc2ccccc2c1CSc1nnc(N2CCCC2)n1Cc1ccco1. The van der Waals surface area contributed by atoms with Crippen LogP contribution < -0.4 is 4.90 Å². The van der Waals surface area contributed by atoms with E-state index in [0.29, 0.717) is 24.5 Å². The average molecular weight is 453 g/mol. The number of furan rings is 2. The lowest BCUT2D eigenvalue weighted by Gasteiger charge is -2.17. The van der Waals surface area contributed by atoms with Crippen molar-refractivity contribution in [2.45, 2.75) is 37.2 Å². The molecular formula is C23H24N4O4S. The van der Waals surface area contributed by atoms with Gasteiger partial charge in [0, 0.05) is 29.8 Å². The van der Waals surface area contributed by atoms with Crippen LogP contribution in [0.25, 0.3) is 11.0 Å². The standard InChI is InChI=1S/C23H24N4O4S/c1-2-29-21(28)20-18(17-9-3-4-10-19(17)31-20)15-32-23-25-24-22(26-11-5-6-12-26)27(23)14-16-8-7-13-30-16/h3-4,7-10,13H,2,5-6,11-12,14-15H2,1H3. The number of carbonyl (C=O) groups is 1. The summed E-state index contributed by atoms with van der Waals surface area (Å²) in [5, 5.41) is 10.6. The molecule has 166 valence electrons. The van der Waals surface area contributed by atoms with Gasteiger partial charge in [0.2, 0.25) is 11.7 Å². The van der Waals surface area contributed by atoms with Gasteiger partial charge in [0.25, 0.3) is 0 Å². The summed E-state index contributed by atoms with van der Waals surface area (Å²) in [6, 6.07) is 11.5. The molecule has 1 fully saturated rings. The molecule has 0 spiro atoms. The predicted octanol–water partition coefficient (Wildman–Crippen LogP) is 4.73. The van der Waals surface area contributed by atoms with Crippen molar-refractivity contribution in [3.63, 3.8) is 0 Å². The second-order valence-corrected chi connectivity index (χ2v) is 8.50. The number of thioether (sulfide) groups is 1. The van der Waals surface area contributed by atoms with Gasteiger partial charge in [-0.2, -0.15) is 0 Å². The first-order chi connectivity index (χ1) is 15.7. The molecule has 0 saturated carbocycles. The first-order valence-electron chi connectivity index (χ1n) is 10.8. The van der Waals surface area contributed by atoms with Crippen molar-refractivity contribution in [3.05, 3.63) is 59.7 Å². The highest BCUT2D eigenvalue weighted by Crippen LogP contribution is 2.33. The summed E-state index contributed by atoms with van der Waals surface area (Å²) < 4.78 is 18.7. The van der Waals surface area contributed by atoms with Gasteiger partial charge in [-0.15, -0.1) is 10.2 Å². The Hall–Kier alpha value is -3.20. The minimum absolute atomic E-state index is 0.248. The third-order valence-electron chi connectivity index (χ3n) is 5.48. The van der Waals surface area contributed by atoms with Gasteiger partial charge in [-0.3, -0.25) is 4.57 Å². The van der Waals surface area contributed by atoms with Gasteiger partial charge < -0.3 is 18.5 Å². The largest absolute Gasteiger partial charge is 0.467 e. The summed E-state index contributed by atoms with van der Waals surface area (Å²) in [7, 11) is 0. The van der Waals surface area contributed by atoms with E-state index in [0.717, 1.165) is 53.7 Å². The molecule has 1 saturated heterocycles. The molecule has 1 aromatic carbocycles. The summed E-state index contributed by atoms with van der Waals surface area (Å²) in [4.78, 5) is 14.8. The summed E-state index contributed by atoms with van der Waals surface area (Å²) >= 11 is 1.52. The number of anilines is 1. The van der Waals surface area contributed by atoms with Gasteiger partial charge in [0.05, 0.1) is 19.4 Å². The Kier molecular flexibility index (Phi) is 5.89. The number of esters is 1. The third-order valence-corrected chi connectivity index (χ3v) is 6.48. The van der Waals surface area contributed by atoms with Crippen LogP contribution in [0, 0.1) is 0 Å². The third kappa shape index (κ3) is 4.00. The van der Waals surface area contributed by atoms with E-state index in [1.54, 1.807) is 13.2 Å². The van der Waals surface area contributed by atoms with Crippen LogP contribution in [-0.2, 0) is 17.0 Å². The smallest absolute Gasteiger partial charge is 0.374 e. The fourth-order valence-corrected chi connectivity index (χ4v) is 4.94. The Bertz CT molecular complexity index is 1210. The number of ether oxygens (including phenoxy) is 1. The summed E-state index contributed by atoms with van der Waals surface area (Å²) in [6.45, 7) is 4.57. The van der Waals surface area contributed by atoms with Crippen molar-refractivity contribution >= 4 is 34.6 Å². The monoisotopic (exact) mass is 452 g/mol. The second-order valence-electron chi connectivity index (χ2n) is 7.56. The zero-order valence-corrected chi connectivity index (χ0v) is 18.6. The second kappa shape index (κ2) is 9.12. The molecule has 8 nitrogen and oxygen atoms in total. The molecule has 4 heterocycles. The zero-order valence-electron chi connectivity index (χ0n) is 17.8. The normalized spacial score (nSPS) is 13.8. The Balaban J connectivity index is 1.46. The highest BCUT2D eigenvalue weighted by Gasteiger charge is 2.25. The molecule has 0 amide bonds. The molecule has 4 aromatic rings. The zero-order chi connectivity index (χ0) is 21.9. The maximum absolute atomic E-state index is 12.5. The number of rotatable bonds is 8. The maximum atomic E-state index is 12.5. The van der Waals surface area contributed by atoms with Crippen LogP contribution in [0.1, 0.15) is 41.6 Å². The number of carbonyl (C=O) groups excluding carboxylic acids is 1. The lowest BCUT2D eigenvalue weighted by atomic mass is 10.1. The highest BCUT2D eigenvalue weighted by atomic mass is 32.2. The number of para-hydroxylation sites is 1. The molecule has 9 heteroatoms. The van der Waals surface area contributed by atoms with Crippen molar-refractivity contribution in [3.8, 4) is 0 Å². The molecule has 0 aliphatic carbocycles. The van der Waals surface area contributed by atoms with Crippen molar-refractivity contribution in [2.24, 2.45) is 0 Å². The van der Waals surface area contributed by atoms with Crippen LogP contribution in [0.2, 0.25) is 0 Å². The molecular weight excluding hydrogens is 428 g/mol. The van der Waals surface area contributed by atoms with Crippen LogP contribution in [0.5, 0.6) is 0 Å². The Labute approximate surface area is 189 Å². The average Bonchev–Trinajstić information content (AvgIpc) is 3.59. The first kappa shape index (κ1) is 20.7. The number of hydrogen-bond donors (Lipinski definition) is 0. The number of fused-ring (bicyclic) bond motifs is 1. The molecule has 5 rings (SSSR count). The van der Waals surface area contributed by atoms with Crippen molar-refractivity contribution < 1.29 is 18.4 Å². The first-order valence-corrected chi connectivity index (χ1v) is 11.7. The molecule has 1 aliphatic heterocycles. The Morgan fingerprint density at radius 2 is 2.00 bits per heavy atom. The Morgan fingerprint density at radius 3 is 2.78 bits per heavy atom. The molecule has 0 N–H and O–H groups in total. The molecule has 0 bridgehead atoms. The van der Waals surface area contributed by atoms with Gasteiger partial charge in [-0.25, -0.2) is 4.79 Å². The molecule has 1 aliphatic rings. The number of hydrogen-bond acceptors (Lipinski definition) is 8. The topological polar surface area (TPSA) is 86.5 Å². The van der Waals surface area contributed by atoms with E-state index in [1.165, 1.54) is 11.8 Å².